The zero-order chi connectivity index (χ0) is 19.6. The molecule has 1 saturated heterocycles. The molecule has 1 fully saturated rings. The van der Waals surface area contributed by atoms with E-state index in [4.69, 9.17) is 9.47 Å². The number of rotatable bonds is 4. The summed E-state index contributed by atoms with van der Waals surface area (Å²) in [6.45, 7) is 0. The molecule has 0 radical (unpaired) electrons. The molecule has 2 aromatic rings. The lowest BCUT2D eigenvalue weighted by Crippen LogP contribution is -2.54. The Morgan fingerprint density at radius 2 is 1.81 bits per heavy atom. The number of hydrogen-bond acceptors (Lipinski definition) is 5. The third kappa shape index (κ3) is 3.70. The quantitative estimate of drug-likeness (QED) is 0.594. The molecule has 4 amide bonds. The van der Waals surface area contributed by atoms with Gasteiger partial charge in [0.1, 0.15) is 17.1 Å². The Morgan fingerprint density at radius 3 is 2.48 bits per heavy atom. The monoisotopic (exact) mass is 430 g/mol. The van der Waals surface area contributed by atoms with Crippen LogP contribution in [0.4, 0.5) is 10.5 Å². The van der Waals surface area contributed by atoms with Crippen LogP contribution in [-0.4, -0.2) is 32.1 Å². The van der Waals surface area contributed by atoms with Gasteiger partial charge in [0, 0.05) is 10.0 Å². The van der Waals surface area contributed by atoms with Crippen molar-refractivity contribution in [3.05, 3.63) is 58.1 Å². The number of barbiturate groups is 1. The Balaban J connectivity index is 2.07. The van der Waals surface area contributed by atoms with Gasteiger partial charge in [0.2, 0.25) is 0 Å². The lowest BCUT2D eigenvalue weighted by atomic mass is 10.1. The van der Waals surface area contributed by atoms with Gasteiger partial charge in [0.15, 0.2) is 0 Å². The average Bonchev–Trinajstić information content (AvgIpc) is 2.64. The Labute approximate surface area is 163 Å². The van der Waals surface area contributed by atoms with Crippen molar-refractivity contribution in [2.75, 3.05) is 19.1 Å². The van der Waals surface area contributed by atoms with E-state index < -0.39 is 17.8 Å². The van der Waals surface area contributed by atoms with E-state index in [0.29, 0.717) is 27.2 Å². The Hall–Kier alpha value is -3.13. The molecule has 3 rings (SSSR count). The lowest BCUT2D eigenvalue weighted by molar-refractivity contribution is -0.122. The standard InChI is InChI=1S/C19H15BrN2O5/c1-26-14-6-7-16(27-2)11(8-14)9-15-17(23)21-19(25)22(18(15)24)13-5-3-4-12(20)10-13/h3-10H,1-2H3,(H,21,23,25)/b15-9-. The van der Waals surface area contributed by atoms with E-state index in [2.05, 4.69) is 21.2 Å². The van der Waals surface area contributed by atoms with E-state index in [9.17, 15) is 14.4 Å². The number of carbonyl (C=O) groups is 3. The highest BCUT2D eigenvalue weighted by Crippen LogP contribution is 2.29. The molecule has 0 unspecified atom stereocenters. The zero-order valence-corrected chi connectivity index (χ0v) is 16.1. The van der Waals surface area contributed by atoms with E-state index in [0.717, 1.165) is 4.90 Å². The minimum Gasteiger partial charge on any atom is -0.497 e. The highest BCUT2D eigenvalue weighted by Gasteiger charge is 2.37. The molecule has 0 saturated carbocycles. The molecule has 7 nitrogen and oxygen atoms in total. The van der Waals surface area contributed by atoms with Gasteiger partial charge in [-0.2, -0.15) is 0 Å². The van der Waals surface area contributed by atoms with Crippen molar-refractivity contribution >= 4 is 45.5 Å². The van der Waals surface area contributed by atoms with Crippen molar-refractivity contribution in [3.63, 3.8) is 0 Å². The molecule has 0 spiro atoms. The van der Waals surface area contributed by atoms with E-state index in [-0.39, 0.29) is 5.57 Å². The second-order valence-corrected chi connectivity index (χ2v) is 6.46. The highest BCUT2D eigenvalue weighted by atomic mass is 79.9. The molecule has 0 aromatic heterocycles. The van der Waals surface area contributed by atoms with Crippen LogP contribution in [0, 0.1) is 0 Å². The van der Waals surface area contributed by atoms with Gasteiger partial charge >= 0.3 is 6.03 Å². The molecule has 1 aliphatic heterocycles. The Morgan fingerprint density at radius 1 is 1.04 bits per heavy atom. The second-order valence-electron chi connectivity index (χ2n) is 5.55. The Bertz CT molecular complexity index is 970. The fraction of sp³-hybridized carbons (Fsp3) is 0.105. The van der Waals surface area contributed by atoms with E-state index in [1.807, 2.05) is 0 Å². The first-order valence-corrected chi connectivity index (χ1v) is 8.63. The number of hydrogen-bond donors (Lipinski definition) is 1. The maximum absolute atomic E-state index is 12.9. The van der Waals surface area contributed by atoms with Gasteiger partial charge < -0.3 is 9.47 Å². The summed E-state index contributed by atoms with van der Waals surface area (Å²) in [5, 5.41) is 2.19. The van der Waals surface area contributed by atoms with Crippen LogP contribution in [0.3, 0.4) is 0 Å². The van der Waals surface area contributed by atoms with Gasteiger partial charge in [-0.25, -0.2) is 9.69 Å². The van der Waals surface area contributed by atoms with Crippen molar-refractivity contribution < 1.29 is 23.9 Å². The molecule has 2 aromatic carbocycles. The smallest absolute Gasteiger partial charge is 0.335 e. The number of carbonyl (C=O) groups excluding carboxylic acids is 3. The zero-order valence-electron chi connectivity index (χ0n) is 14.5. The molecular formula is C19H15BrN2O5. The fourth-order valence-electron chi connectivity index (χ4n) is 2.61. The number of methoxy groups -OCH3 is 2. The number of imide groups is 2. The van der Waals surface area contributed by atoms with Crippen molar-refractivity contribution in [3.8, 4) is 11.5 Å². The SMILES string of the molecule is COc1ccc(OC)c(/C=C2/C(=O)NC(=O)N(c3cccc(Br)c3)C2=O)c1. The van der Waals surface area contributed by atoms with Crippen molar-refractivity contribution in [1.82, 2.24) is 5.32 Å². The number of anilines is 1. The second kappa shape index (κ2) is 7.63. The van der Waals surface area contributed by atoms with Crippen LogP contribution >= 0.6 is 15.9 Å². The highest BCUT2D eigenvalue weighted by molar-refractivity contribution is 9.10. The van der Waals surface area contributed by atoms with Crippen LogP contribution in [0.2, 0.25) is 0 Å². The first-order chi connectivity index (χ1) is 12.9. The van der Waals surface area contributed by atoms with Gasteiger partial charge in [-0.1, -0.05) is 22.0 Å². The van der Waals surface area contributed by atoms with Crippen molar-refractivity contribution in [1.29, 1.82) is 0 Å². The summed E-state index contributed by atoms with van der Waals surface area (Å²) in [5.41, 5.74) is 0.614. The maximum Gasteiger partial charge on any atom is 0.335 e. The predicted molar refractivity (Wildman–Crippen MR) is 103 cm³/mol. The van der Waals surface area contributed by atoms with Crippen LogP contribution in [0.1, 0.15) is 5.56 Å². The van der Waals surface area contributed by atoms with Gasteiger partial charge in [0.25, 0.3) is 11.8 Å². The van der Waals surface area contributed by atoms with Crippen LogP contribution in [-0.2, 0) is 9.59 Å². The third-order valence-electron chi connectivity index (χ3n) is 3.90. The molecule has 1 heterocycles. The number of benzene rings is 2. The van der Waals surface area contributed by atoms with Gasteiger partial charge in [-0.05, 0) is 42.5 Å². The number of urea groups is 1. The third-order valence-corrected chi connectivity index (χ3v) is 4.40. The van der Waals surface area contributed by atoms with Gasteiger partial charge in [-0.3, -0.25) is 14.9 Å². The van der Waals surface area contributed by atoms with Crippen LogP contribution in [0.25, 0.3) is 6.08 Å². The maximum atomic E-state index is 12.9. The van der Waals surface area contributed by atoms with Crippen molar-refractivity contribution in [2.45, 2.75) is 0 Å². The molecule has 1 aliphatic rings. The lowest BCUT2D eigenvalue weighted by Gasteiger charge is -2.26. The average molecular weight is 431 g/mol. The van der Waals surface area contributed by atoms with E-state index in [1.54, 1.807) is 42.5 Å². The van der Waals surface area contributed by atoms with Crippen LogP contribution < -0.4 is 19.7 Å². The first-order valence-electron chi connectivity index (χ1n) is 7.83. The topological polar surface area (TPSA) is 84.9 Å². The summed E-state index contributed by atoms with van der Waals surface area (Å²) in [7, 11) is 2.98. The number of ether oxygens (including phenoxy) is 2. The molecular weight excluding hydrogens is 416 g/mol. The largest absolute Gasteiger partial charge is 0.497 e. The normalized spacial score (nSPS) is 15.7. The summed E-state index contributed by atoms with van der Waals surface area (Å²) in [4.78, 5) is 38.3. The van der Waals surface area contributed by atoms with E-state index in [1.165, 1.54) is 20.3 Å². The van der Waals surface area contributed by atoms with Gasteiger partial charge in [0.05, 0.1) is 19.9 Å². The van der Waals surface area contributed by atoms with E-state index >= 15 is 0 Å². The molecule has 0 aliphatic carbocycles. The minimum atomic E-state index is -0.808. The molecule has 1 N–H and O–H groups in total. The number of nitrogens with zero attached hydrogens (tertiary/aromatic N) is 1. The predicted octanol–water partition coefficient (Wildman–Crippen LogP) is 3.13. The Kier molecular flexibility index (Phi) is 5.27. The molecule has 0 atom stereocenters. The summed E-state index contributed by atoms with van der Waals surface area (Å²) in [6, 6.07) is 10.8. The summed E-state index contributed by atoms with van der Waals surface area (Å²) in [6.07, 6.45) is 1.37. The number of amides is 4. The van der Waals surface area contributed by atoms with Crippen LogP contribution in [0.5, 0.6) is 11.5 Å². The van der Waals surface area contributed by atoms with Crippen molar-refractivity contribution in [2.24, 2.45) is 0 Å². The first kappa shape index (κ1) is 18.7. The molecule has 8 heteroatoms. The minimum absolute atomic E-state index is 0.193. The van der Waals surface area contributed by atoms with Crippen LogP contribution in [0.15, 0.2) is 52.5 Å². The fourth-order valence-corrected chi connectivity index (χ4v) is 3.00. The summed E-state index contributed by atoms with van der Waals surface area (Å²) >= 11 is 3.30. The van der Waals surface area contributed by atoms with Gasteiger partial charge in [-0.15, -0.1) is 0 Å². The molecule has 0 bridgehead atoms. The summed E-state index contributed by atoms with van der Waals surface area (Å²) < 4.78 is 11.1. The number of nitrogens with one attached hydrogen (secondary N) is 1. The number of halogens is 1. The molecule has 138 valence electrons. The molecule has 27 heavy (non-hydrogen) atoms. The summed E-state index contributed by atoms with van der Waals surface area (Å²) in [5.74, 6) is -0.520.